The predicted octanol–water partition coefficient (Wildman–Crippen LogP) is 1.20. The number of amides is 2. The van der Waals surface area contributed by atoms with Crippen LogP contribution in [0.4, 0.5) is 4.79 Å². The van der Waals surface area contributed by atoms with E-state index in [2.05, 4.69) is 20.8 Å². The van der Waals surface area contributed by atoms with Crippen LogP contribution in [0.1, 0.15) is 57.9 Å². The lowest BCUT2D eigenvalue weighted by atomic mass is 10.0. The maximum absolute atomic E-state index is 11.8. The largest absolute Gasteiger partial charge is 0.480 e. The Morgan fingerprint density at radius 2 is 1.96 bits per heavy atom. The SMILES string of the molecule is CC(C)C[C@H](NC(=O)NCC(=O)O)c1nc([C@@H](N)C(C)C)no1. The summed E-state index contributed by atoms with van der Waals surface area (Å²) in [4.78, 5) is 26.5. The maximum atomic E-state index is 11.8. The molecule has 0 saturated carbocycles. The third kappa shape index (κ3) is 6.23. The van der Waals surface area contributed by atoms with Gasteiger partial charge in [-0.05, 0) is 18.3 Å². The number of nitrogens with one attached hydrogen (secondary N) is 2. The molecule has 0 aliphatic heterocycles. The van der Waals surface area contributed by atoms with Gasteiger partial charge in [-0.2, -0.15) is 4.98 Å². The normalized spacial score (nSPS) is 13.9. The number of urea groups is 1. The molecule has 0 saturated heterocycles. The lowest BCUT2D eigenvalue weighted by molar-refractivity contribution is -0.135. The number of carbonyl (C=O) groups is 2. The van der Waals surface area contributed by atoms with Gasteiger partial charge in [-0.1, -0.05) is 32.9 Å². The molecule has 0 fully saturated rings. The number of rotatable bonds is 8. The van der Waals surface area contributed by atoms with Gasteiger partial charge in [-0.3, -0.25) is 4.79 Å². The van der Waals surface area contributed by atoms with E-state index in [0.717, 1.165) is 0 Å². The molecule has 0 bridgehead atoms. The molecule has 5 N–H and O–H groups in total. The first-order valence-electron chi connectivity index (χ1n) is 7.56. The Balaban J connectivity index is 2.81. The second-order valence-corrected chi connectivity index (χ2v) is 6.16. The minimum atomic E-state index is -1.12. The highest BCUT2D eigenvalue weighted by Crippen LogP contribution is 2.22. The van der Waals surface area contributed by atoms with E-state index in [1.165, 1.54) is 0 Å². The smallest absolute Gasteiger partial charge is 0.323 e. The first-order valence-corrected chi connectivity index (χ1v) is 7.56. The first kappa shape index (κ1) is 18.9. The molecular formula is C14H25N5O4. The van der Waals surface area contributed by atoms with Gasteiger partial charge in [0.05, 0.1) is 6.04 Å². The third-order valence-corrected chi connectivity index (χ3v) is 3.18. The van der Waals surface area contributed by atoms with Crippen LogP contribution in [0.15, 0.2) is 4.52 Å². The highest BCUT2D eigenvalue weighted by Gasteiger charge is 2.25. The molecule has 1 rings (SSSR count). The maximum Gasteiger partial charge on any atom is 0.323 e. The average molecular weight is 327 g/mol. The summed E-state index contributed by atoms with van der Waals surface area (Å²) < 4.78 is 5.23. The molecule has 2 amide bonds. The highest BCUT2D eigenvalue weighted by atomic mass is 16.5. The Labute approximate surface area is 135 Å². The highest BCUT2D eigenvalue weighted by molar-refractivity contribution is 5.80. The molecule has 1 aromatic heterocycles. The fourth-order valence-electron chi connectivity index (χ4n) is 1.88. The molecule has 0 spiro atoms. The number of nitrogens with two attached hydrogens (primary N) is 1. The molecule has 0 aliphatic carbocycles. The van der Waals surface area contributed by atoms with Gasteiger partial charge in [0, 0.05) is 0 Å². The Bertz CT molecular complexity index is 529. The van der Waals surface area contributed by atoms with Gasteiger partial charge in [0.2, 0.25) is 5.89 Å². The van der Waals surface area contributed by atoms with E-state index < -0.39 is 24.6 Å². The molecule has 0 radical (unpaired) electrons. The number of hydrogen-bond donors (Lipinski definition) is 4. The van der Waals surface area contributed by atoms with E-state index in [4.69, 9.17) is 15.4 Å². The zero-order valence-corrected chi connectivity index (χ0v) is 13.9. The van der Waals surface area contributed by atoms with Crippen molar-refractivity contribution in [1.82, 2.24) is 20.8 Å². The number of carbonyl (C=O) groups excluding carboxylic acids is 1. The van der Waals surface area contributed by atoms with Gasteiger partial charge in [0.15, 0.2) is 5.82 Å². The van der Waals surface area contributed by atoms with Crippen LogP contribution in [0, 0.1) is 11.8 Å². The lowest BCUT2D eigenvalue weighted by Gasteiger charge is -2.17. The summed E-state index contributed by atoms with van der Waals surface area (Å²) in [5, 5.41) is 17.3. The van der Waals surface area contributed by atoms with E-state index >= 15 is 0 Å². The van der Waals surface area contributed by atoms with Gasteiger partial charge in [-0.15, -0.1) is 0 Å². The minimum absolute atomic E-state index is 0.149. The van der Waals surface area contributed by atoms with Gasteiger partial charge in [0.1, 0.15) is 12.6 Å². The molecule has 9 heteroatoms. The van der Waals surface area contributed by atoms with Crippen LogP contribution in [0.5, 0.6) is 0 Å². The van der Waals surface area contributed by atoms with E-state index in [1.54, 1.807) is 0 Å². The van der Waals surface area contributed by atoms with Gasteiger partial charge >= 0.3 is 12.0 Å². The summed E-state index contributed by atoms with van der Waals surface area (Å²) in [5.41, 5.74) is 5.98. The van der Waals surface area contributed by atoms with Crippen molar-refractivity contribution < 1.29 is 19.2 Å². The second kappa shape index (κ2) is 8.47. The van der Waals surface area contributed by atoms with Crippen LogP contribution in [-0.2, 0) is 4.79 Å². The lowest BCUT2D eigenvalue weighted by Crippen LogP contribution is -2.40. The molecule has 1 heterocycles. The van der Waals surface area contributed by atoms with Crippen molar-refractivity contribution in [3.8, 4) is 0 Å². The minimum Gasteiger partial charge on any atom is -0.480 e. The Morgan fingerprint density at radius 1 is 1.30 bits per heavy atom. The summed E-state index contributed by atoms with van der Waals surface area (Å²) >= 11 is 0. The number of aliphatic carboxylic acids is 1. The topological polar surface area (TPSA) is 143 Å². The fourth-order valence-corrected chi connectivity index (χ4v) is 1.88. The number of nitrogens with zero attached hydrogens (tertiary/aromatic N) is 2. The van der Waals surface area contributed by atoms with E-state index in [9.17, 15) is 9.59 Å². The second-order valence-electron chi connectivity index (χ2n) is 6.16. The van der Waals surface area contributed by atoms with Crippen molar-refractivity contribution in [3.63, 3.8) is 0 Å². The molecule has 2 atom stereocenters. The summed E-state index contributed by atoms with van der Waals surface area (Å²) in [6.07, 6.45) is 0.568. The average Bonchev–Trinajstić information content (AvgIpc) is 2.92. The van der Waals surface area contributed by atoms with E-state index in [1.807, 2.05) is 27.7 Å². The zero-order chi connectivity index (χ0) is 17.6. The molecule has 0 aliphatic rings. The van der Waals surface area contributed by atoms with Crippen LogP contribution in [0.25, 0.3) is 0 Å². The number of aromatic nitrogens is 2. The predicted molar refractivity (Wildman–Crippen MR) is 82.4 cm³/mol. The zero-order valence-electron chi connectivity index (χ0n) is 13.9. The quantitative estimate of drug-likeness (QED) is 0.561. The van der Waals surface area contributed by atoms with Crippen LogP contribution in [0.2, 0.25) is 0 Å². The standard InChI is InChI=1S/C14H25N5O4/c1-7(2)5-9(17-14(22)16-6-10(20)21)13-18-12(19-23-13)11(15)8(3)4/h7-9,11H,5-6,15H2,1-4H3,(H,20,21)(H2,16,17,22)/t9-,11-/m0/s1. The van der Waals surface area contributed by atoms with Crippen molar-refractivity contribution >= 4 is 12.0 Å². The van der Waals surface area contributed by atoms with Crippen molar-refractivity contribution in [3.05, 3.63) is 11.7 Å². The first-order chi connectivity index (χ1) is 10.7. The van der Waals surface area contributed by atoms with Crippen LogP contribution in [0.3, 0.4) is 0 Å². The molecule has 1 aromatic rings. The van der Waals surface area contributed by atoms with Crippen molar-refractivity contribution in [1.29, 1.82) is 0 Å². The Kier molecular flexibility index (Phi) is 6.95. The van der Waals surface area contributed by atoms with Gasteiger partial charge < -0.3 is 26.0 Å². The van der Waals surface area contributed by atoms with Gasteiger partial charge in [-0.25, -0.2) is 4.79 Å². The number of carboxylic acids is 1. The molecule has 130 valence electrons. The number of carboxylic acid groups (broad SMARTS) is 1. The van der Waals surface area contributed by atoms with Crippen LogP contribution >= 0.6 is 0 Å². The molecule has 9 nitrogen and oxygen atoms in total. The van der Waals surface area contributed by atoms with E-state index in [-0.39, 0.29) is 23.8 Å². The molecular weight excluding hydrogens is 302 g/mol. The van der Waals surface area contributed by atoms with Crippen molar-refractivity contribution in [2.24, 2.45) is 17.6 Å². The van der Waals surface area contributed by atoms with Crippen molar-refractivity contribution in [2.45, 2.75) is 46.2 Å². The van der Waals surface area contributed by atoms with E-state index in [0.29, 0.717) is 12.2 Å². The summed E-state index contributed by atoms with van der Waals surface area (Å²) in [7, 11) is 0. The summed E-state index contributed by atoms with van der Waals surface area (Å²) in [6, 6.07) is -1.47. The summed E-state index contributed by atoms with van der Waals surface area (Å²) in [6.45, 7) is 7.41. The Hall–Kier alpha value is -2.16. The van der Waals surface area contributed by atoms with Crippen LogP contribution < -0.4 is 16.4 Å². The molecule has 0 aromatic carbocycles. The molecule has 0 unspecified atom stereocenters. The Morgan fingerprint density at radius 3 is 2.48 bits per heavy atom. The summed E-state index contributed by atoms with van der Waals surface area (Å²) in [5.74, 6) is -0.0694. The molecule has 23 heavy (non-hydrogen) atoms. The number of hydrogen-bond acceptors (Lipinski definition) is 6. The van der Waals surface area contributed by atoms with Gasteiger partial charge in [0.25, 0.3) is 0 Å². The van der Waals surface area contributed by atoms with Crippen molar-refractivity contribution in [2.75, 3.05) is 6.54 Å². The fraction of sp³-hybridized carbons (Fsp3) is 0.714. The monoisotopic (exact) mass is 327 g/mol. The van der Waals surface area contributed by atoms with Crippen LogP contribution in [-0.4, -0.2) is 33.8 Å². The third-order valence-electron chi connectivity index (χ3n) is 3.18.